The second kappa shape index (κ2) is 9.82. The number of carbonyl (C=O) groups excluding carboxylic acids is 2. The van der Waals surface area contributed by atoms with Crippen LogP contribution in [-0.4, -0.2) is 71.5 Å². The van der Waals surface area contributed by atoms with Gasteiger partial charge in [0.1, 0.15) is 6.17 Å². The van der Waals surface area contributed by atoms with Gasteiger partial charge in [0.15, 0.2) is 23.5 Å². The highest BCUT2D eigenvalue weighted by atomic mass is 19.1. The van der Waals surface area contributed by atoms with Gasteiger partial charge >= 0.3 is 0 Å². The first kappa shape index (κ1) is 27.4. The number of hydrogen-bond acceptors (Lipinski definition) is 6. The molecule has 7 heteroatoms. The molecular weight excluding hydrogens is 509 g/mol. The summed E-state index contributed by atoms with van der Waals surface area (Å²) < 4.78 is 27.7. The lowest BCUT2D eigenvalue weighted by molar-refractivity contribution is -0.207. The first-order chi connectivity index (χ1) is 19.2. The number of allylic oxidation sites excluding steroid dienone is 4. The van der Waals surface area contributed by atoms with Crippen molar-refractivity contribution in [1.29, 1.82) is 0 Å². The second-order valence-electron chi connectivity index (χ2n) is 14.6. The van der Waals surface area contributed by atoms with E-state index in [4.69, 9.17) is 9.47 Å². The Hall–Kier alpha value is -1.41. The van der Waals surface area contributed by atoms with Gasteiger partial charge in [0, 0.05) is 42.2 Å². The van der Waals surface area contributed by atoms with E-state index >= 15 is 0 Å². The summed E-state index contributed by atoms with van der Waals surface area (Å²) in [5.74, 6) is 0.838. The molecule has 40 heavy (non-hydrogen) atoms. The van der Waals surface area contributed by atoms with Crippen LogP contribution in [-0.2, 0) is 19.1 Å². The Bertz CT molecular complexity index is 1110. The molecule has 6 nitrogen and oxygen atoms in total. The molecule has 5 aliphatic carbocycles. The first-order valence-corrected chi connectivity index (χ1v) is 16.0. The third-order valence-corrected chi connectivity index (χ3v) is 12.5. The monoisotopic (exact) mass is 555 g/mol. The van der Waals surface area contributed by atoms with Crippen molar-refractivity contribution < 1.29 is 28.6 Å². The van der Waals surface area contributed by atoms with Gasteiger partial charge in [-0.25, -0.2) is 4.39 Å². The molecule has 3 saturated carbocycles. The molecule has 0 aromatic heterocycles. The van der Waals surface area contributed by atoms with Crippen molar-refractivity contribution >= 4 is 11.6 Å². The molecule has 0 radical (unpaired) electrons. The van der Waals surface area contributed by atoms with Gasteiger partial charge in [-0.3, -0.25) is 14.5 Å². The fourth-order valence-corrected chi connectivity index (χ4v) is 10.5. The zero-order valence-corrected chi connectivity index (χ0v) is 24.2. The molecule has 2 heterocycles. The van der Waals surface area contributed by atoms with Crippen LogP contribution in [0, 0.1) is 34.5 Å². The Morgan fingerprint density at radius 3 is 2.65 bits per heavy atom. The number of rotatable bonds is 4. The molecule has 0 aromatic rings. The zero-order chi connectivity index (χ0) is 27.9. The fourth-order valence-electron chi connectivity index (χ4n) is 10.5. The summed E-state index contributed by atoms with van der Waals surface area (Å²) in [7, 11) is 0. The van der Waals surface area contributed by atoms with Gasteiger partial charge in [0.05, 0.1) is 18.8 Å². The van der Waals surface area contributed by atoms with E-state index in [1.54, 1.807) is 6.08 Å². The predicted octanol–water partition coefficient (Wildman–Crippen LogP) is 4.94. The predicted molar refractivity (Wildman–Crippen MR) is 148 cm³/mol. The number of fused-ring (bicyclic) bond motifs is 7. The second-order valence-corrected chi connectivity index (χ2v) is 14.6. The van der Waals surface area contributed by atoms with Crippen LogP contribution < -0.4 is 0 Å². The summed E-state index contributed by atoms with van der Waals surface area (Å²) >= 11 is 0. The highest BCUT2D eigenvalue weighted by Gasteiger charge is 2.76. The van der Waals surface area contributed by atoms with Crippen LogP contribution in [0.1, 0.15) is 84.5 Å². The number of Topliss-reactive ketones (excluding diaryl/α,β-unsaturated/α-hetero) is 1. The van der Waals surface area contributed by atoms with E-state index < -0.39 is 23.3 Å². The van der Waals surface area contributed by atoms with Crippen LogP contribution in [0.2, 0.25) is 0 Å². The van der Waals surface area contributed by atoms with Crippen LogP contribution in [0.15, 0.2) is 23.8 Å². The minimum absolute atomic E-state index is 0.00127. The molecule has 0 unspecified atom stereocenters. The molecule has 2 aliphatic heterocycles. The van der Waals surface area contributed by atoms with Crippen molar-refractivity contribution in [1.82, 2.24) is 4.90 Å². The number of hydrogen-bond donors (Lipinski definition) is 1. The highest BCUT2D eigenvalue weighted by molar-refractivity contribution is 5.93. The SMILES string of the molecule is C[C@]12C=CC(=O)CC1=CC[C@@H]1[C@@H]2[C@@H](O)C[C@@]2(C)[C@H]1C[C@H]1O[C@@H](C3CCCCC3)O[C@]12C(=O)CN1CCC(F)CC1. The molecule has 9 atom stereocenters. The summed E-state index contributed by atoms with van der Waals surface area (Å²) in [6, 6.07) is 0. The number of ether oxygens (including phenoxy) is 2. The standard InChI is InChI=1S/C33H46FNO5/c1-31-13-10-23(36)16-21(31)8-9-24-25-17-28-33(32(25,2)18-26(37)29(24)31,27(38)19-35-14-11-22(34)12-15-35)40-30(39-28)20-6-4-3-5-7-20/h8,10,13,20,22,24-26,28-30,37H,3-7,9,11-12,14-19H2,1-2H3/t24-,25-,26-,28+,29+,30+,31-,32-,33+/m0/s1. The Morgan fingerprint density at radius 1 is 1.15 bits per heavy atom. The smallest absolute Gasteiger partial charge is 0.181 e. The number of aliphatic hydroxyl groups is 1. The van der Waals surface area contributed by atoms with Gasteiger partial charge in [-0.1, -0.05) is 50.8 Å². The topological polar surface area (TPSA) is 76.1 Å². The van der Waals surface area contributed by atoms with E-state index in [1.165, 1.54) is 19.3 Å². The summed E-state index contributed by atoms with van der Waals surface area (Å²) in [6.45, 7) is 5.80. The van der Waals surface area contributed by atoms with Gasteiger partial charge < -0.3 is 14.6 Å². The van der Waals surface area contributed by atoms with Gasteiger partial charge in [-0.05, 0) is 62.9 Å². The van der Waals surface area contributed by atoms with Crippen LogP contribution in [0.4, 0.5) is 4.39 Å². The van der Waals surface area contributed by atoms with E-state index in [0.29, 0.717) is 44.7 Å². The molecular formula is C33H46FNO5. The molecule has 5 fully saturated rings. The molecule has 0 aromatic carbocycles. The summed E-state index contributed by atoms with van der Waals surface area (Å²) in [6.07, 6.45) is 13.0. The fraction of sp³-hybridized carbons (Fsp3) is 0.818. The summed E-state index contributed by atoms with van der Waals surface area (Å²) in [5.41, 5.74) is -0.876. The van der Waals surface area contributed by atoms with Crippen molar-refractivity contribution in [2.45, 2.75) is 115 Å². The minimum atomic E-state index is -1.10. The number of carbonyl (C=O) groups is 2. The van der Waals surface area contributed by atoms with Gasteiger partial charge in [-0.2, -0.15) is 0 Å². The lowest BCUT2D eigenvalue weighted by Gasteiger charge is -2.59. The minimum Gasteiger partial charge on any atom is -0.393 e. The molecule has 220 valence electrons. The Morgan fingerprint density at radius 2 is 1.90 bits per heavy atom. The number of nitrogens with zero attached hydrogens (tertiary/aromatic N) is 1. The number of halogens is 1. The van der Waals surface area contributed by atoms with Crippen molar-refractivity contribution in [2.75, 3.05) is 19.6 Å². The van der Waals surface area contributed by atoms with Crippen molar-refractivity contribution in [3.8, 4) is 0 Å². The number of ketones is 2. The number of alkyl halides is 1. The van der Waals surface area contributed by atoms with E-state index in [1.807, 2.05) is 6.08 Å². The number of piperidine rings is 1. The Labute approximate surface area is 237 Å². The lowest BCUT2D eigenvalue weighted by Crippen LogP contribution is -2.64. The normalized spacial score (nSPS) is 47.8. The molecule has 0 spiro atoms. The largest absolute Gasteiger partial charge is 0.393 e. The van der Waals surface area contributed by atoms with Crippen LogP contribution in [0.25, 0.3) is 0 Å². The quantitative estimate of drug-likeness (QED) is 0.496. The third kappa shape index (κ3) is 3.93. The van der Waals surface area contributed by atoms with Gasteiger partial charge in [0.25, 0.3) is 0 Å². The molecule has 7 rings (SSSR count). The van der Waals surface area contributed by atoms with E-state index in [0.717, 1.165) is 31.3 Å². The van der Waals surface area contributed by atoms with Crippen molar-refractivity contribution in [3.05, 3.63) is 23.8 Å². The average molecular weight is 556 g/mol. The van der Waals surface area contributed by atoms with Crippen LogP contribution in [0.3, 0.4) is 0 Å². The molecule has 2 saturated heterocycles. The lowest BCUT2D eigenvalue weighted by atomic mass is 9.47. The first-order valence-electron chi connectivity index (χ1n) is 16.0. The maximum absolute atomic E-state index is 14.6. The van der Waals surface area contributed by atoms with Gasteiger partial charge in [-0.15, -0.1) is 0 Å². The van der Waals surface area contributed by atoms with Gasteiger partial charge in [0.2, 0.25) is 0 Å². The van der Waals surface area contributed by atoms with Crippen LogP contribution in [0.5, 0.6) is 0 Å². The summed E-state index contributed by atoms with van der Waals surface area (Å²) in [4.78, 5) is 28.9. The molecule has 7 aliphatic rings. The summed E-state index contributed by atoms with van der Waals surface area (Å²) in [5, 5.41) is 12.0. The number of aliphatic hydroxyl groups excluding tert-OH is 1. The van der Waals surface area contributed by atoms with Crippen LogP contribution >= 0.6 is 0 Å². The van der Waals surface area contributed by atoms with E-state index in [9.17, 15) is 19.1 Å². The highest BCUT2D eigenvalue weighted by Crippen LogP contribution is 2.69. The van der Waals surface area contributed by atoms with E-state index in [-0.39, 0.29) is 53.7 Å². The zero-order valence-electron chi connectivity index (χ0n) is 24.2. The third-order valence-electron chi connectivity index (χ3n) is 12.5. The maximum Gasteiger partial charge on any atom is 0.181 e. The molecule has 0 bridgehead atoms. The van der Waals surface area contributed by atoms with E-state index in [2.05, 4.69) is 24.8 Å². The Kier molecular flexibility index (Phi) is 6.73. The molecule has 1 N–H and O–H groups in total. The number of likely N-dealkylation sites (tertiary alicyclic amines) is 1. The average Bonchev–Trinajstić information content (AvgIpc) is 3.44. The maximum atomic E-state index is 14.6. The molecule has 0 amide bonds. The van der Waals surface area contributed by atoms with Crippen molar-refractivity contribution in [3.63, 3.8) is 0 Å². The Balaban J connectivity index is 1.23. The van der Waals surface area contributed by atoms with Crippen molar-refractivity contribution in [2.24, 2.45) is 34.5 Å².